The van der Waals surface area contributed by atoms with Crippen LogP contribution in [0.2, 0.25) is 0 Å². The summed E-state index contributed by atoms with van der Waals surface area (Å²) in [5, 5.41) is 9.16. The van der Waals surface area contributed by atoms with Crippen LogP contribution in [0.4, 0.5) is 13.2 Å². The highest BCUT2D eigenvalue weighted by Crippen LogP contribution is 2.42. The highest BCUT2D eigenvalue weighted by atomic mass is 19.1. The number of pyridine rings is 1. The second kappa shape index (κ2) is 10.4. The maximum absolute atomic E-state index is 15.3. The molecule has 0 fully saturated rings. The van der Waals surface area contributed by atoms with Gasteiger partial charge in [-0.05, 0) is 52.8 Å². The van der Waals surface area contributed by atoms with Crippen LogP contribution in [0.3, 0.4) is 0 Å². The van der Waals surface area contributed by atoms with Crippen molar-refractivity contribution >= 4 is 5.97 Å². The van der Waals surface area contributed by atoms with Gasteiger partial charge in [-0.1, -0.05) is 39.0 Å². The van der Waals surface area contributed by atoms with Crippen molar-refractivity contribution in [2.24, 2.45) is 5.41 Å². The smallest absolute Gasteiger partial charge is 0.303 e. The molecule has 1 atom stereocenters. The average molecular weight is 514 g/mol. The van der Waals surface area contributed by atoms with E-state index in [-0.39, 0.29) is 35.3 Å². The molecule has 1 N–H and O–H groups in total. The minimum absolute atomic E-state index is 0.0433. The van der Waals surface area contributed by atoms with Gasteiger partial charge in [-0.25, -0.2) is 18.2 Å². The van der Waals surface area contributed by atoms with Gasteiger partial charge in [0.2, 0.25) is 5.88 Å². The van der Waals surface area contributed by atoms with Crippen LogP contribution in [0.15, 0.2) is 36.5 Å². The summed E-state index contributed by atoms with van der Waals surface area (Å²) in [7, 11) is 1.46. The third-order valence-corrected chi connectivity index (χ3v) is 6.51. The molecule has 196 valence electrons. The van der Waals surface area contributed by atoms with Crippen molar-refractivity contribution in [3.05, 3.63) is 76.2 Å². The molecule has 2 aromatic carbocycles. The molecule has 1 aliphatic rings. The number of aliphatic carboxylic acids is 1. The largest absolute Gasteiger partial charge is 0.486 e. The molecule has 1 aliphatic carbocycles. The summed E-state index contributed by atoms with van der Waals surface area (Å²) in [5.41, 5.74) is 2.81. The van der Waals surface area contributed by atoms with Crippen LogP contribution < -0.4 is 9.47 Å². The highest BCUT2D eigenvalue weighted by molar-refractivity contribution is 5.70. The first-order valence-electron chi connectivity index (χ1n) is 12.1. The maximum atomic E-state index is 15.3. The standard InChI is InChI=1S/C29H30F3NO4/c1-29(2,3)13-18-9-16(5-7-19(18)21-11-25(36-4)33-14-23(21)31)15-37-24-12-22(30)20-8-6-17(10-26(34)35)27(20)28(24)32/h5,7,9,11-12,14,17H,6,8,10,13,15H2,1-4H3,(H,34,35). The third-order valence-electron chi connectivity index (χ3n) is 6.51. The minimum Gasteiger partial charge on any atom is -0.486 e. The fourth-order valence-corrected chi connectivity index (χ4v) is 4.94. The summed E-state index contributed by atoms with van der Waals surface area (Å²) in [6.07, 6.45) is 2.16. The topological polar surface area (TPSA) is 68.7 Å². The van der Waals surface area contributed by atoms with Crippen molar-refractivity contribution < 1.29 is 32.5 Å². The summed E-state index contributed by atoms with van der Waals surface area (Å²) >= 11 is 0. The molecule has 8 heteroatoms. The Bertz CT molecular complexity index is 1330. The molecule has 0 saturated carbocycles. The van der Waals surface area contributed by atoms with Crippen molar-refractivity contribution in [3.63, 3.8) is 0 Å². The fraction of sp³-hybridized carbons (Fsp3) is 0.379. The molecule has 1 aromatic heterocycles. The lowest BCUT2D eigenvalue weighted by Gasteiger charge is -2.22. The number of fused-ring (bicyclic) bond motifs is 1. The molecule has 0 spiro atoms. The number of rotatable bonds is 8. The highest BCUT2D eigenvalue weighted by Gasteiger charge is 2.32. The quantitative estimate of drug-likeness (QED) is 0.357. The molecule has 1 heterocycles. The normalized spacial score (nSPS) is 14.9. The number of ether oxygens (including phenoxy) is 2. The van der Waals surface area contributed by atoms with Gasteiger partial charge in [0.05, 0.1) is 19.7 Å². The van der Waals surface area contributed by atoms with E-state index in [0.717, 1.165) is 17.8 Å². The van der Waals surface area contributed by atoms with Gasteiger partial charge in [-0.15, -0.1) is 0 Å². The molecule has 0 saturated heterocycles. The van der Waals surface area contributed by atoms with Gasteiger partial charge in [-0.2, -0.15) is 0 Å². The van der Waals surface area contributed by atoms with Gasteiger partial charge in [0.1, 0.15) is 18.2 Å². The molecule has 4 rings (SSSR count). The Morgan fingerprint density at radius 1 is 1.11 bits per heavy atom. The SMILES string of the molecule is COc1cc(-c2ccc(COc3cc(F)c4c(c3F)C(CC(=O)O)CC4)cc2CC(C)(C)C)c(F)cn1. The summed E-state index contributed by atoms with van der Waals surface area (Å²) in [6.45, 7) is 6.16. The fourth-order valence-electron chi connectivity index (χ4n) is 4.94. The number of hydrogen-bond acceptors (Lipinski definition) is 4. The second-order valence-corrected chi connectivity index (χ2v) is 10.6. The molecule has 5 nitrogen and oxygen atoms in total. The number of aromatic nitrogens is 1. The van der Waals surface area contributed by atoms with E-state index in [9.17, 15) is 13.6 Å². The Balaban J connectivity index is 1.65. The first-order chi connectivity index (χ1) is 17.5. The molecule has 0 bridgehead atoms. The number of nitrogens with zero attached hydrogens (tertiary/aromatic N) is 1. The van der Waals surface area contributed by atoms with Crippen LogP contribution >= 0.6 is 0 Å². The van der Waals surface area contributed by atoms with E-state index in [4.69, 9.17) is 14.6 Å². The maximum Gasteiger partial charge on any atom is 0.303 e. The summed E-state index contributed by atoms with van der Waals surface area (Å²) in [6, 6.07) is 7.98. The number of benzene rings is 2. The molecule has 0 aliphatic heterocycles. The van der Waals surface area contributed by atoms with Gasteiger partial charge in [-0.3, -0.25) is 4.79 Å². The Morgan fingerprint density at radius 3 is 2.54 bits per heavy atom. The van der Waals surface area contributed by atoms with Crippen molar-refractivity contribution in [1.29, 1.82) is 0 Å². The molecular formula is C29H30F3NO4. The summed E-state index contributed by atoms with van der Waals surface area (Å²) < 4.78 is 55.6. The lowest BCUT2D eigenvalue weighted by molar-refractivity contribution is -0.137. The van der Waals surface area contributed by atoms with Gasteiger partial charge >= 0.3 is 5.97 Å². The molecule has 0 amide bonds. The van der Waals surface area contributed by atoms with Crippen LogP contribution in [-0.2, 0) is 24.2 Å². The zero-order chi connectivity index (χ0) is 26.9. The van der Waals surface area contributed by atoms with Crippen LogP contribution in [0.1, 0.15) is 61.8 Å². The molecule has 3 aromatic rings. The predicted octanol–water partition coefficient (Wildman–Crippen LogP) is 6.85. The van der Waals surface area contributed by atoms with Gasteiger partial charge < -0.3 is 14.6 Å². The number of methoxy groups -OCH3 is 1. The van der Waals surface area contributed by atoms with Crippen LogP contribution in [0, 0.1) is 22.9 Å². The number of carbonyl (C=O) groups is 1. The zero-order valence-electron chi connectivity index (χ0n) is 21.3. The Labute approximate surface area is 214 Å². The van der Waals surface area contributed by atoms with Crippen molar-refractivity contribution in [2.45, 2.75) is 59.0 Å². The molecule has 37 heavy (non-hydrogen) atoms. The lowest BCUT2D eigenvalue weighted by atomic mass is 9.84. The van der Waals surface area contributed by atoms with E-state index in [0.29, 0.717) is 41.8 Å². The lowest BCUT2D eigenvalue weighted by Crippen LogP contribution is -2.11. The molecular weight excluding hydrogens is 483 g/mol. The molecule has 0 radical (unpaired) electrons. The number of hydrogen-bond donors (Lipinski definition) is 1. The van der Waals surface area contributed by atoms with E-state index in [1.54, 1.807) is 18.2 Å². The first kappa shape index (κ1) is 26.5. The van der Waals surface area contributed by atoms with E-state index in [1.807, 2.05) is 6.07 Å². The van der Waals surface area contributed by atoms with E-state index >= 15 is 4.39 Å². The van der Waals surface area contributed by atoms with Crippen LogP contribution in [0.5, 0.6) is 11.6 Å². The van der Waals surface area contributed by atoms with Crippen LogP contribution in [-0.4, -0.2) is 23.2 Å². The minimum atomic E-state index is -1.06. The Morgan fingerprint density at radius 2 is 1.86 bits per heavy atom. The van der Waals surface area contributed by atoms with Crippen molar-refractivity contribution in [3.8, 4) is 22.8 Å². The molecule has 1 unspecified atom stereocenters. The van der Waals surface area contributed by atoms with Gasteiger partial charge in [0.15, 0.2) is 11.6 Å². The third kappa shape index (κ3) is 5.89. The van der Waals surface area contributed by atoms with E-state index in [2.05, 4.69) is 25.8 Å². The average Bonchev–Trinajstić information content (AvgIpc) is 3.24. The number of carboxylic acids is 1. The van der Waals surface area contributed by atoms with Gasteiger partial charge in [0, 0.05) is 23.3 Å². The predicted molar refractivity (Wildman–Crippen MR) is 133 cm³/mol. The Hall–Kier alpha value is -3.55. The van der Waals surface area contributed by atoms with Gasteiger partial charge in [0.25, 0.3) is 0 Å². The number of carboxylic acid groups (broad SMARTS) is 1. The number of halogens is 3. The summed E-state index contributed by atoms with van der Waals surface area (Å²) in [4.78, 5) is 15.1. The zero-order valence-corrected chi connectivity index (χ0v) is 21.3. The second-order valence-electron chi connectivity index (χ2n) is 10.6. The summed E-state index contributed by atoms with van der Waals surface area (Å²) in [5.74, 6) is -3.38. The van der Waals surface area contributed by atoms with Crippen LogP contribution in [0.25, 0.3) is 11.1 Å². The Kier molecular flexibility index (Phi) is 7.48. The monoisotopic (exact) mass is 513 g/mol. The van der Waals surface area contributed by atoms with Crippen molar-refractivity contribution in [2.75, 3.05) is 7.11 Å². The van der Waals surface area contributed by atoms with Crippen molar-refractivity contribution in [1.82, 2.24) is 4.98 Å². The van der Waals surface area contributed by atoms with E-state index < -0.39 is 29.3 Å². The first-order valence-corrected chi connectivity index (χ1v) is 12.1. The van der Waals surface area contributed by atoms with E-state index in [1.165, 1.54) is 7.11 Å².